The van der Waals surface area contributed by atoms with Crippen LogP contribution >= 0.6 is 24.0 Å². The van der Waals surface area contributed by atoms with Gasteiger partial charge >= 0.3 is 0 Å². The van der Waals surface area contributed by atoms with Gasteiger partial charge in [-0.25, -0.2) is 4.98 Å². The Balaban J connectivity index is 1.79. The number of likely N-dealkylation sites (N-methyl/N-ethyl adjacent to an activating group) is 1. The van der Waals surface area contributed by atoms with Crippen LogP contribution in [0.4, 0.5) is 5.82 Å². The number of aromatic nitrogens is 2. The molecule has 4 rings (SSSR count). The van der Waals surface area contributed by atoms with Crippen molar-refractivity contribution < 1.29 is 9.53 Å². The molecule has 0 aromatic carbocycles. The van der Waals surface area contributed by atoms with Crippen LogP contribution in [0, 0.1) is 6.92 Å². The first-order chi connectivity index (χ1) is 15.4. The Hall–Kier alpha value is -2.27. The van der Waals surface area contributed by atoms with Crippen molar-refractivity contribution in [1.29, 1.82) is 0 Å². The fourth-order valence-electron chi connectivity index (χ4n) is 3.90. The normalized spacial score (nSPS) is 19.0. The third-order valence-electron chi connectivity index (χ3n) is 5.77. The third kappa shape index (κ3) is 4.45. The van der Waals surface area contributed by atoms with E-state index in [-0.39, 0.29) is 11.5 Å². The maximum absolute atomic E-state index is 13.5. The van der Waals surface area contributed by atoms with E-state index in [4.69, 9.17) is 21.9 Å². The molecule has 2 aliphatic heterocycles. The van der Waals surface area contributed by atoms with E-state index < -0.39 is 0 Å². The second-order valence-electron chi connectivity index (χ2n) is 7.84. The Morgan fingerprint density at radius 2 is 1.97 bits per heavy atom. The number of pyridine rings is 1. The number of anilines is 1. The van der Waals surface area contributed by atoms with Crippen LogP contribution in [0.5, 0.6) is 0 Å². The standard InChI is InChI=1S/C22H27N5O3S2/c1-4-24-7-9-25(10-8-24)19-16(20(28)27-14-15(2)5-6-18(27)23-19)13-17-21(29)26(11-12-30-3)22(31)32-17/h5-6,13-14H,4,7-12H2,1-3H3. The summed E-state index contributed by atoms with van der Waals surface area (Å²) >= 11 is 6.61. The number of carbonyl (C=O) groups excluding carboxylic acids is 1. The molecule has 32 heavy (non-hydrogen) atoms. The minimum Gasteiger partial charge on any atom is -0.383 e. The predicted molar refractivity (Wildman–Crippen MR) is 132 cm³/mol. The highest BCUT2D eigenvalue weighted by Gasteiger charge is 2.33. The zero-order chi connectivity index (χ0) is 22.8. The topological polar surface area (TPSA) is 70.4 Å². The summed E-state index contributed by atoms with van der Waals surface area (Å²) in [5.41, 5.74) is 1.79. The molecule has 0 bridgehead atoms. The molecule has 0 aliphatic carbocycles. The van der Waals surface area contributed by atoms with Crippen LogP contribution in [0.25, 0.3) is 11.7 Å². The van der Waals surface area contributed by atoms with Crippen LogP contribution in [0.15, 0.2) is 28.0 Å². The maximum Gasteiger partial charge on any atom is 0.267 e. The molecule has 0 saturated carbocycles. The van der Waals surface area contributed by atoms with Crippen molar-refractivity contribution in [2.24, 2.45) is 0 Å². The average Bonchev–Trinajstić information content (AvgIpc) is 3.06. The number of aryl methyl sites for hydroxylation is 1. The smallest absolute Gasteiger partial charge is 0.267 e. The van der Waals surface area contributed by atoms with E-state index >= 15 is 0 Å². The lowest BCUT2D eigenvalue weighted by Crippen LogP contribution is -2.47. The summed E-state index contributed by atoms with van der Waals surface area (Å²) in [5.74, 6) is 0.421. The number of carbonyl (C=O) groups is 1. The minimum absolute atomic E-state index is 0.186. The molecule has 4 heterocycles. The number of thioether (sulfide) groups is 1. The number of thiocarbonyl (C=S) groups is 1. The second kappa shape index (κ2) is 9.70. The molecule has 2 aromatic rings. The number of fused-ring (bicyclic) bond motifs is 1. The van der Waals surface area contributed by atoms with E-state index in [1.807, 2.05) is 19.1 Å². The van der Waals surface area contributed by atoms with Gasteiger partial charge in [0, 0.05) is 39.5 Å². The molecular weight excluding hydrogens is 446 g/mol. The molecule has 10 heteroatoms. The first-order valence-corrected chi connectivity index (χ1v) is 11.9. The fraction of sp³-hybridized carbons (Fsp3) is 0.455. The number of hydrogen-bond donors (Lipinski definition) is 0. The van der Waals surface area contributed by atoms with Gasteiger partial charge in [0.2, 0.25) is 0 Å². The Morgan fingerprint density at radius 3 is 2.66 bits per heavy atom. The molecule has 2 aliphatic rings. The van der Waals surface area contributed by atoms with Crippen LogP contribution in [-0.4, -0.2) is 82.4 Å². The SMILES string of the molecule is CCN1CCN(c2nc3ccc(C)cn3c(=O)c2C=C2SC(=S)N(CCOC)C2=O)CC1. The summed E-state index contributed by atoms with van der Waals surface area (Å²) < 4.78 is 7.12. The van der Waals surface area contributed by atoms with Gasteiger partial charge in [-0.05, 0) is 31.2 Å². The summed E-state index contributed by atoms with van der Waals surface area (Å²) in [6.07, 6.45) is 3.45. The van der Waals surface area contributed by atoms with Crippen molar-refractivity contribution in [1.82, 2.24) is 19.2 Å². The lowest BCUT2D eigenvalue weighted by molar-refractivity contribution is -0.122. The molecule has 170 valence electrons. The van der Waals surface area contributed by atoms with Gasteiger partial charge in [0.05, 0.1) is 23.6 Å². The van der Waals surface area contributed by atoms with E-state index in [1.54, 1.807) is 23.8 Å². The van der Waals surface area contributed by atoms with E-state index in [1.165, 1.54) is 16.7 Å². The summed E-state index contributed by atoms with van der Waals surface area (Å²) in [5, 5.41) is 0. The molecule has 0 radical (unpaired) electrons. The number of ether oxygens (including phenoxy) is 1. The van der Waals surface area contributed by atoms with Crippen molar-refractivity contribution >= 4 is 51.7 Å². The Bertz CT molecular complexity index is 1140. The van der Waals surface area contributed by atoms with Gasteiger partial charge in [-0.1, -0.05) is 37.0 Å². The van der Waals surface area contributed by atoms with Gasteiger partial charge < -0.3 is 14.5 Å². The molecule has 0 N–H and O–H groups in total. The first kappa shape index (κ1) is 22.9. The largest absolute Gasteiger partial charge is 0.383 e. The Morgan fingerprint density at radius 1 is 1.22 bits per heavy atom. The van der Waals surface area contributed by atoms with Gasteiger partial charge in [0.1, 0.15) is 15.8 Å². The number of rotatable bonds is 6. The predicted octanol–water partition coefficient (Wildman–Crippen LogP) is 1.99. The molecule has 1 amide bonds. The molecule has 2 aromatic heterocycles. The average molecular weight is 474 g/mol. The van der Waals surface area contributed by atoms with E-state index in [9.17, 15) is 9.59 Å². The van der Waals surface area contributed by atoms with Gasteiger partial charge in [-0.3, -0.25) is 18.9 Å². The number of methoxy groups -OCH3 is 1. The van der Waals surface area contributed by atoms with Crippen LogP contribution in [-0.2, 0) is 9.53 Å². The third-order valence-corrected chi connectivity index (χ3v) is 7.15. The number of hydrogen-bond acceptors (Lipinski definition) is 8. The van der Waals surface area contributed by atoms with E-state index in [0.29, 0.717) is 39.4 Å². The molecule has 2 fully saturated rings. The summed E-state index contributed by atoms with van der Waals surface area (Å²) in [4.78, 5) is 37.8. The highest BCUT2D eigenvalue weighted by molar-refractivity contribution is 8.26. The second-order valence-corrected chi connectivity index (χ2v) is 9.51. The van der Waals surface area contributed by atoms with Gasteiger partial charge in [-0.15, -0.1) is 0 Å². The highest BCUT2D eigenvalue weighted by Crippen LogP contribution is 2.33. The van der Waals surface area contributed by atoms with Crippen LogP contribution < -0.4 is 10.5 Å². The van der Waals surface area contributed by atoms with Crippen molar-refractivity contribution in [3.05, 3.63) is 44.7 Å². The number of amides is 1. The van der Waals surface area contributed by atoms with Gasteiger partial charge in [0.25, 0.3) is 11.5 Å². The highest BCUT2D eigenvalue weighted by atomic mass is 32.2. The van der Waals surface area contributed by atoms with Crippen molar-refractivity contribution in [2.75, 3.05) is 57.9 Å². The Kier molecular flexibility index (Phi) is 6.94. The molecule has 0 spiro atoms. The number of piperazine rings is 1. The summed E-state index contributed by atoms with van der Waals surface area (Å²) in [7, 11) is 1.59. The van der Waals surface area contributed by atoms with Crippen molar-refractivity contribution in [3.63, 3.8) is 0 Å². The Labute approximate surface area is 196 Å². The van der Waals surface area contributed by atoms with Crippen molar-refractivity contribution in [3.8, 4) is 0 Å². The zero-order valence-corrected chi connectivity index (χ0v) is 20.2. The molecule has 0 unspecified atom stereocenters. The number of nitrogens with zero attached hydrogens (tertiary/aromatic N) is 5. The lowest BCUT2D eigenvalue weighted by Gasteiger charge is -2.35. The quantitative estimate of drug-likeness (QED) is 0.466. The van der Waals surface area contributed by atoms with Crippen LogP contribution in [0.1, 0.15) is 18.1 Å². The fourth-order valence-corrected chi connectivity index (χ4v) is 5.19. The minimum atomic E-state index is -0.201. The first-order valence-electron chi connectivity index (χ1n) is 10.7. The van der Waals surface area contributed by atoms with Gasteiger partial charge in [-0.2, -0.15) is 0 Å². The van der Waals surface area contributed by atoms with Crippen LogP contribution in [0.2, 0.25) is 0 Å². The van der Waals surface area contributed by atoms with Crippen LogP contribution in [0.3, 0.4) is 0 Å². The molecule has 2 saturated heterocycles. The van der Waals surface area contributed by atoms with E-state index in [0.717, 1.165) is 38.3 Å². The van der Waals surface area contributed by atoms with Crippen molar-refractivity contribution in [2.45, 2.75) is 13.8 Å². The van der Waals surface area contributed by atoms with E-state index in [2.05, 4.69) is 16.7 Å². The molecule has 0 atom stereocenters. The molecular formula is C22H27N5O3S2. The molecule has 8 nitrogen and oxygen atoms in total. The van der Waals surface area contributed by atoms with Gasteiger partial charge in [0.15, 0.2) is 0 Å². The maximum atomic E-state index is 13.5. The summed E-state index contributed by atoms with van der Waals surface area (Å²) in [6.45, 7) is 9.23. The monoisotopic (exact) mass is 473 g/mol. The zero-order valence-electron chi connectivity index (χ0n) is 18.5. The summed E-state index contributed by atoms with van der Waals surface area (Å²) in [6, 6.07) is 3.80. The lowest BCUT2D eigenvalue weighted by atomic mass is 10.2.